The first kappa shape index (κ1) is 20.2. The number of hydrogen-bond donors (Lipinski definition) is 1. The van der Waals surface area contributed by atoms with Gasteiger partial charge >= 0.3 is 5.97 Å². The van der Waals surface area contributed by atoms with Gasteiger partial charge in [-0.25, -0.2) is 0 Å². The number of ether oxygens (including phenoxy) is 2. The van der Waals surface area contributed by atoms with E-state index in [2.05, 4.69) is 0 Å². The molecule has 7 heteroatoms. The van der Waals surface area contributed by atoms with Crippen LogP contribution in [-0.4, -0.2) is 79.8 Å². The maximum absolute atomic E-state index is 13.2. The minimum Gasteiger partial charge on any atom is -0.496 e. The van der Waals surface area contributed by atoms with Crippen LogP contribution < -0.4 is 4.74 Å². The van der Waals surface area contributed by atoms with Gasteiger partial charge in [0.2, 0.25) is 5.91 Å². The quantitative estimate of drug-likeness (QED) is 0.784. The van der Waals surface area contributed by atoms with E-state index < -0.39 is 11.4 Å². The Balaban J connectivity index is 2.09. The molecule has 1 aromatic carbocycles. The van der Waals surface area contributed by atoms with E-state index in [1.54, 1.807) is 24.0 Å². The summed E-state index contributed by atoms with van der Waals surface area (Å²) in [6.45, 7) is 5.62. The first-order chi connectivity index (χ1) is 12.3. The molecule has 26 heavy (non-hydrogen) atoms. The number of carbonyl (C=O) groups excluding carboxylic acids is 1. The molecule has 0 aromatic heterocycles. The summed E-state index contributed by atoms with van der Waals surface area (Å²) in [7, 11) is 3.33. The second-order valence-electron chi connectivity index (χ2n) is 7.16. The number of carboxylic acids is 1. The van der Waals surface area contributed by atoms with Crippen LogP contribution in [0, 0.1) is 0 Å². The van der Waals surface area contributed by atoms with Gasteiger partial charge < -0.3 is 19.5 Å². The van der Waals surface area contributed by atoms with Crippen molar-refractivity contribution < 1.29 is 24.2 Å². The van der Waals surface area contributed by atoms with E-state index in [-0.39, 0.29) is 18.6 Å². The Labute approximate surface area is 154 Å². The standard InChI is InChI=1S/C19H28N2O5/c1-19(2,15-7-5-6-8-16(15)25-4)18(24)21-9-10-26-14(12-21)11-20(3)13-17(22)23/h5-8,14H,9-13H2,1-4H3,(H,22,23). The molecule has 1 fully saturated rings. The zero-order valence-electron chi connectivity index (χ0n) is 15.9. The fourth-order valence-corrected chi connectivity index (χ4v) is 3.33. The highest BCUT2D eigenvalue weighted by molar-refractivity contribution is 5.88. The van der Waals surface area contributed by atoms with E-state index in [0.29, 0.717) is 32.0 Å². The molecule has 0 aliphatic carbocycles. The van der Waals surface area contributed by atoms with Crippen molar-refractivity contribution in [3.05, 3.63) is 29.8 Å². The second-order valence-corrected chi connectivity index (χ2v) is 7.16. The SMILES string of the molecule is COc1ccccc1C(C)(C)C(=O)N1CCOC(CN(C)CC(=O)O)C1. The molecule has 0 saturated carbocycles. The highest BCUT2D eigenvalue weighted by Crippen LogP contribution is 2.33. The van der Waals surface area contributed by atoms with Gasteiger partial charge in [-0.3, -0.25) is 14.5 Å². The Hall–Kier alpha value is -2.12. The number of nitrogens with zero attached hydrogens (tertiary/aromatic N) is 2. The lowest BCUT2D eigenvalue weighted by atomic mass is 9.82. The topological polar surface area (TPSA) is 79.3 Å². The number of carboxylic acid groups (broad SMARTS) is 1. The van der Waals surface area contributed by atoms with Gasteiger partial charge in [0, 0.05) is 25.2 Å². The summed E-state index contributed by atoms with van der Waals surface area (Å²) in [6.07, 6.45) is -0.203. The van der Waals surface area contributed by atoms with Crippen LogP contribution in [0.25, 0.3) is 0 Å². The first-order valence-electron chi connectivity index (χ1n) is 8.70. The van der Waals surface area contributed by atoms with Gasteiger partial charge in [-0.1, -0.05) is 18.2 Å². The second kappa shape index (κ2) is 8.51. The smallest absolute Gasteiger partial charge is 0.317 e. The normalized spacial score (nSPS) is 18.0. The molecule has 7 nitrogen and oxygen atoms in total. The van der Waals surface area contributed by atoms with Crippen molar-refractivity contribution in [3.63, 3.8) is 0 Å². The fraction of sp³-hybridized carbons (Fsp3) is 0.579. The Morgan fingerprint density at radius 1 is 1.38 bits per heavy atom. The van der Waals surface area contributed by atoms with Crippen LogP contribution >= 0.6 is 0 Å². The molecule has 1 heterocycles. The number of morpholine rings is 1. The summed E-state index contributed by atoms with van der Waals surface area (Å²) in [4.78, 5) is 27.5. The van der Waals surface area contributed by atoms with Crippen molar-refractivity contribution in [2.75, 3.05) is 46.9 Å². The maximum atomic E-state index is 13.2. The fourth-order valence-electron chi connectivity index (χ4n) is 3.33. The molecule has 1 unspecified atom stereocenters. The van der Waals surface area contributed by atoms with Crippen molar-refractivity contribution >= 4 is 11.9 Å². The first-order valence-corrected chi connectivity index (χ1v) is 8.70. The number of para-hydroxylation sites is 1. The highest BCUT2D eigenvalue weighted by Gasteiger charge is 2.38. The molecule has 1 aliphatic rings. The van der Waals surface area contributed by atoms with Crippen LogP contribution in [0.5, 0.6) is 5.75 Å². The molecule has 1 aromatic rings. The van der Waals surface area contributed by atoms with Gasteiger partial charge in [0.05, 0.1) is 31.8 Å². The molecule has 1 amide bonds. The summed E-state index contributed by atoms with van der Waals surface area (Å²) in [6, 6.07) is 7.55. The third-order valence-corrected chi connectivity index (χ3v) is 4.66. The van der Waals surface area contributed by atoms with Crippen LogP contribution in [0.3, 0.4) is 0 Å². The summed E-state index contributed by atoms with van der Waals surface area (Å²) in [5.74, 6) is -0.179. The monoisotopic (exact) mass is 364 g/mol. The van der Waals surface area contributed by atoms with E-state index in [0.717, 1.165) is 5.56 Å². The molecular weight excluding hydrogens is 336 g/mol. The van der Waals surface area contributed by atoms with Crippen molar-refractivity contribution in [2.45, 2.75) is 25.4 Å². The lowest BCUT2D eigenvalue weighted by Crippen LogP contribution is -2.53. The third-order valence-electron chi connectivity index (χ3n) is 4.66. The van der Waals surface area contributed by atoms with Crippen LogP contribution in [0.15, 0.2) is 24.3 Å². The predicted molar refractivity (Wildman–Crippen MR) is 97.5 cm³/mol. The van der Waals surface area contributed by atoms with Crippen molar-refractivity contribution in [2.24, 2.45) is 0 Å². The van der Waals surface area contributed by atoms with E-state index in [9.17, 15) is 9.59 Å². The zero-order chi connectivity index (χ0) is 19.3. The molecule has 0 spiro atoms. The Morgan fingerprint density at radius 3 is 2.73 bits per heavy atom. The van der Waals surface area contributed by atoms with E-state index in [1.165, 1.54) is 0 Å². The van der Waals surface area contributed by atoms with E-state index in [1.807, 2.05) is 38.1 Å². The molecule has 1 N–H and O–H groups in total. The van der Waals surface area contributed by atoms with Crippen LogP contribution in [0.2, 0.25) is 0 Å². The minimum absolute atomic E-state index is 0.0104. The van der Waals surface area contributed by atoms with Gasteiger partial charge in [0.15, 0.2) is 0 Å². The number of amides is 1. The van der Waals surface area contributed by atoms with Crippen LogP contribution in [0.1, 0.15) is 19.4 Å². The predicted octanol–water partition coefficient (Wildman–Crippen LogP) is 1.22. The van der Waals surface area contributed by atoms with Crippen molar-refractivity contribution in [1.82, 2.24) is 9.80 Å². The Morgan fingerprint density at radius 2 is 2.08 bits per heavy atom. The molecule has 2 rings (SSSR count). The number of carbonyl (C=O) groups is 2. The van der Waals surface area contributed by atoms with Gasteiger partial charge in [-0.2, -0.15) is 0 Å². The highest BCUT2D eigenvalue weighted by atomic mass is 16.5. The van der Waals surface area contributed by atoms with E-state index in [4.69, 9.17) is 14.6 Å². The minimum atomic E-state index is -0.881. The summed E-state index contributed by atoms with van der Waals surface area (Å²) < 4.78 is 11.1. The number of likely N-dealkylation sites (N-methyl/N-ethyl adjacent to an activating group) is 1. The summed E-state index contributed by atoms with van der Waals surface area (Å²) in [5.41, 5.74) is 0.111. The molecule has 1 aliphatic heterocycles. The number of rotatable bonds is 7. The van der Waals surface area contributed by atoms with Crippen LogP contribution in [0.4, 0.5) is 0 Å². The third kappa shape index (κ3) is 4.74. The zero-order valence-corrected chi connectivity index (χ0v) is 15.9. The Bertz CT molecular complexity index is 647. The lowest BCUT2D eigenvalue weighted by Gasteiger charge is -2.39. The molecule has 144 valence electrons. The number of hydrogen-bond acceptors (Lipinski definition) is 5. The maximum Gasteiger partial charge on any atom is 0.317 e. The average Bonchev–Trinajstić information content (AvgIpc) is 2.60. The number of benzene rings is 1. The average molecular weight is 364 g/mol. The largest absolute Gasteiger partial charge is 0.496 e. The molecule has 1 atom stereocenters. The molecule has 0 bridgehead atoms. The van der Waals surface area contributed by atoms with Crippen molar-refractivity contribution in [1.29, 1.82) is 0 Å². The summed E-state index contributed by atoms with van der Waals surface area (Å²) in [5, 5.41) is 8.88. The lowest BCUT2D eigenvalue weighted by molar-refractivity contribution is -0.146. The number of methoxy groups -OCH3 is 1. The van der Waals surface area contributed by atoms with Gasteiger partial charge in [0.1, 0.15) is 5.75 Å². The molecular formula is C19H28N2O5. The molecule has 0 radical (unpaired) electrons. The Kier molecular flexibility index (Phi) is 6.61. The van der Waals surface area contributed by atoms with E-state index >= 15 is 0 Å². The van der Waals surface area contributed by atoms with Gasteiger partial charge in [-0.15, -0.1) is 0 Å². The van der Waals surface area contributed by atoms with Gasteiger partial charge in [0.25, 0.3) is 0 Å². The van der Waals surface area contributed by atoms with Crippen molar-refractivity contribution in [3.8, 4) is 5.75 Å². The summed E-state index contributed by atoms with van der Waals surface area (Å²) >= 11 is 0. The van der Waals surface area contributed by atoms with Crippen LogP contribution in [-0.2, 0) is 19.7 Å². The number of aliphatic carboxylic acids is 1. The molecule has 1 saturated heterocycles. The van der Waals surface area contributed by atoms with Gasteiger partial charge in [-0.05, 0) is 27.0 Å².